The first-order valence-electron chi connectivity index (χ1n) is 19.0. The zero-order valence-corrected chi connectivity index (χ0v) is 30.1. The first kappa shape index (κ1) is 37.3. The summed E-state index contributed by atoms with van der Waals surface area (Å²) < 4.78 is 0. The second-order valence-electron chi connectivity index (χ2n) is 16.6. The van der Waals surface area contributed by atoms with Crippen LogP contribution in [0.1, 0.15) is 134 Å². The Morgan fingerprint density at radius 1 is 0.959 bits per heavy atom. The summed E-state index contributed by atoms with van der Waals surface area (Å²) in [5.74, 6) is -1.53. The summed E-state index contributed by atoms with van der Waals surface area (Å²) in [6, 6.07) is -1.54. The fraction of sp³-hybridized carbons (Fsp3) is 0.769. The number of fused-ring (bicyclic) bond motifs is 1. The Kier molecular flexibility index (Phi) is 12.4. The van der Waals surface area contributed by atoms with Crippen molar-refractivity contribution in [1.29, 1.82) is 0 Å². The molecule has 2 amide bonds. The molecular weight excluding hydrogens is 620 g/mol. The van der Waals surface area contributed by atoms with Gasteiger partial charge in [-0.1, -0.05) is 59.8 Å². The monoisotopic (exact) mass is 678 g/mol. The van der Waals surface area contributed by atoms with Crippen LogP contribution in [0.5, 0.6) is 0 Å². The number of likely N-dealkylation sites (tertiary alicyclic amines) is 1. The fourth-order valence-corrected chi connectivity index (χ4v) is 8.88. The van der Waals surface area contributed by atoms with Crippen LogP contribution >= 0.6 is 0 Å². The standard InChI is InChI=1S/C39H58N4O6/c1-5-10-26(35(47)33(46)19-24-15-16-24)20-32(45)34-28-14-9-13-27(28)23-43(34)38(49)36(39(2,3)4)42-37(48)29(25-11-7-6-8-12-25)21-31(44)30-22-40-17-18-41-30/h17-18,22,24-29,34-36,47H,5-16,19-21,23H2,1-4H3,(H,42,48)/t26?,27-,28-,29+,34-,35?,36+/m0/s1. The minimum absolute atomic E-state index is 0.00414. The smallest absolute Gasteiger partial charge is 0.246 e. The highest BCUT2D eigenvalue weighted by Gasteiger charge is 2.52. The van der Waals surface area contributed by atoms with Crippen molar-refractivity contribution < 1.29 is 29.1 Å². The van der Waals surface area contributed by atoms with Crippen molar-refractivity contribution in [2.24, 2.45) is 40.9 Å². The van der Waals surface area contributed by atoms with Crippen molar-refractivity contribution in [2.75, 3.05) is 6.54 Å². The topological polar surface area (TPSA) is 147 Å². The summed E-state index contributed by atoms with van der Waals surface area (Å²) in [4.78, 5) is 79.3. The zero-order valence-electron chi connectivity index (χ0n) is 30.1. The van der Waals surface area contributed by atoms with E-state index in [1.165, 1.54) is 18.6 Å². The number of aliphatic hydroxyl groups excluding tert-OH is 1. The molecule has 0 radical (unpaired) electrons. The zero-order chi connectivity index (χ0) is 35.3. The Morgan fingerprint density at radius 2 is 1.69 bits per heavy atom. The average molecular weight is 679 g/mol. The number of rotatable bonds is 16. The quantitative estimate of drug-likeness (QED) is 0.218. The summed E-state index contributed by atoms with van der Waals surface area (Å²) in [5.41, 5.74) is -0.439. The maximum atomic E-state index is 14.7. The van der Waals surface area contributed by atoms with Crippen molar-refractivity contribution in [1.82, 2.24) is 20.2 Å². The van der Waals surface area contributed by atoms with Gasteiger partial charge in [-0.15, -0.1) is 0 Å². The lowest BCUT2D eigenvalue weighted by atomic mass is 9.76. The molecule has 1 saturated heterocycles. The summed E-state index contributed by atoms with van der Waals surface area (Å²) in [7, 11) is 0. The van der Waals surface area contributed by atoms with Crippen LogP contribution in [0.3, 0.4) is 0 Å². The number of carbonyl (C=O) groups is 5. The molecule has 1 aromatic heterocycles. The van der Waals surface area contributed by atoms with Crippen LogP contribution in [0.2, 0.25) is 0 Å². The van der Waals surface area contributed by atoms with Crippen molar-refractivity contribution in [2.45, 2.75) is 142 Å². The van der Waals surface area contributed by atoms with Gasteiger partial charge < -0.3 is 15.3 Å². The second-order valence-corrected chi connectivity index (χ2v) is 16.6. The summed E-state index contributed by atoms with van der Waals surface area (Å²) in [6.45, 7) is 8.21. The van der Waals surface area contributed by atoms with Gasteiger partial charge in [0.2, 0.25) is 11.8 Å². The number of ketones is 3. The largest absolute Gasteiger partial charge is 0.385 e. The van der Waals surface area contributed by atoms with E-state index in [0.29, 0.717) is 25.3 Å². The Morgan fingerprint density at radius 3 is 2.33 bits per heavy atom. The Hall–Kier alpha value is -3.01. The third kappa shape index (κ3) is 9.21. The molecule has 3 aliphatic carbocycles. The molecule has 2 heterocycles. The molecule has 2 unspecified atom stereocenters. The highest BCUT2D eigenvalue weighted by molar-refractivity contribution is 5.98. The number of carbonyl (C=O) groups excluding carboxylic acids is 5. The highest BCUT2D eigenvalue weighted by atomic mass is 16.3. The van der Waals surface area contributed by atoms with Gasteiger partial charge in [0.05, 0.1) is 12.2 Å². The van der Waals surface area contributed by atoms with E-state index >= 15 is 0 Å². The molecule has 49 heavy (non-hydrogen) atoms. The Bertz CT molecular complexity index is 1330. The molecule has 7 atom stereocenters. The van der Waals surface area contributed by atoms with Gasteiger partial charge in [0.25, 0.3) is 0 Å². The molecule has 5 rings (SSSR count). The summed E-state index contributed by atoms with van der Waals surface area (Å²) >= 11 is 0. The van der Waals surface area contributed by atoms with E-state index in [1.54, 1.807) is 4.90 Å². The number of nitrogens with one attached hydrogen (secondary N) is 1. The van der Waals surface area contributed by atoms with E-state index in [2.05, 4.69) is 15.3 Å². The van der Waals surface area contributed by atoms with Gasteiger partial charge in [-0.3, -0.25) is 29.0 Å². The first-order chi connectivity index (χ1) is 23.4. The number of hydrogen-bond acceptors (Lipinski definition) is 8. The maximum Gasteiger partial charge on any atom is 0.246 e. The van der Waals surface area contributed by atoms with E-state index in [9.17, 15) is 29.1 Å². The molecule has 4 fully saturated rings. The van der Waals surface area contributed by atoms with Gasteiger partial charge in [-0.2, -0.15) is 0 Å². The molecule has 1 aliphatic heterocycles. The first-order valence-corrected chi connectivity index (χ1v) is 19.0. The average Bonchev–Trinajstić information content (AvgIpc) is 3.65. The molecule has 0 spiro atoms. The van der Waals surface area contributed by atoms with E-state index in [4.69, 9.17) is 0 Å². The van der Waals surface area contributed by atoms with Crippen LogP contribution in [0.4, 0.5) is 0 Å². The van der Waals surface area contributed by atoms with Gasteiger partial charge >= 0.3 is 0 Å². The van der Waals surface area contributed by atoms with Crippen molar-refractivity contribution in [3.8, 4) is 0 Å². The van der Waals surface area contributed by atoms with Gasteiger partial charge in [0.1, 0.15) is 17.8 Å². The number of aromatic nitrogens is 2. The second kappa shape index (κ2) is 16.3. The Labute approximate surface area is 292 Å². The predicted molar refractivity (Wildman–Crippen MR) is 185 cm³/mol. The molecule has 2 N–H and O–H groups in total. The molecule has 270 valence electrons. The number of amides is 2. The SMILES string of the molecule is CCCC(CC(=O)[C@@H]1[C@H]2CCC[C@H]2CN1C(=O)[C@@H](NC(=O)[C@H](CC(=O)c1cnccn1)C1CCCCC1)C(C)(C)C)C(O)C(=O)CC1CC1. The van der Waals surface area contributed by atoms with E-state index in [0.717, 1.165) is 70.6 Å². The van der Waals surface area contributed by atoms with Gasteiger partial charge in [0, 0.05) is 44.1 Å². The van der Waals surface area contributed by atoms with Crippen LogP contribution in [0.15, 0.2) is 18.6 Å². The van der Waals surface area contributed by atoms with Crippen molar-refractivity contribution >= 4 is 29.2 Å². The van der Waals surface area contributed by atoms with Crippen molar-refractivity contribution in [3.63, 3.8) is 0 Å². The normalized spacial score (nSPS) is 25.2. The van der Waals surface area contributed by atoms with Crippen LogP contribution in [-0.4, -0.2) is 73.9 Å². The molecule has 4 aliphatic rings. The van der Waals surface area contributed by atoms with Gasteiger partial charge in [-0.05, 0) is 80.0 Å². The maximum absolute atomic E-state index is 14.7. The van der Waals surface area contributed by atoms with Crippen LogP contribution < -0.4 is 5.32 Å². The van der Waals surface area contributed by atoms with E-state index in [-0.39, 0.29) is 65.5 Å². The number of aliphatic hydroxyl groups is 1. The van der Waals surface area contributed by atoms with Gasteiger partial charge in [0.15, 0.2) is 17.3 Å². The molecule has 10 nitrogen and oxygen atoms in total. The third-order valence-electron chi connectivity index (χ3n) is 11.8. The molecule has 10 heteroatoms. The molecular formula is C39H58N4O6. The Balaban J connectivity index is 1.35. The minimum atomic E-state index is -1.17. The molecule has 0 bridgehead atoms. The summed E-state index contributed by atoms with van der Waals surface area (Å²) in [6.07, 6.45) is 14.6. The molecule has 0 aromatic carbocycles. The predicted octanol–water partition coefficient (Wildman–Crippen LogP) is 5.51. The number of Topliss-reactive ketones (excluding diaryl/α,β-unsaturated/α-hetero) is 3. The van der Waals surface area contributed by atoms with E-state index < -0.39 is 35.4 Å². The lowest BCUT2D eigenvalue weighted by Gasteiger charge is -2.38. The van der Waals surface area contributed by atoms with Crippen LogP contribution in [-0.2, 0) is 19.2 Å². The minimum Gasteiger partial charge on any atom is -0.385 e. The number of hydrogen-bond donors (Lipinski definition) is 2. The van der Waals surface area contributed by atoms with E-state index in [1.807, 2.05) is 27.7 Å². The lowest BCUT2D eigenvalue weighted by Crippen LogP contribution is -2.58. The molecule has 1 aromatic rings. The summed E-state index contributed by atoms with van der Waals surface area (Å²) in [5, 5.41) is 14.2. The number of nitrogens with zero attached hydrogens (tertiary/aromatic N) is 3. The fourth-order valence-electron chi connectivity index (χ4n) is 8.88. The van der Waals surface area contributed by atoms with Crippen molar-refractivity contribution in [3.05, 3.63) is 24.3 Å². The third-order valence-corrected chi connectivity index (χ3v) is 11.8. The van der Waals surface area contributed by atoms with Crippen LogP contribution in [0, 0.1) is 40.9 Å². The molecule has 3 saturated carbocycles. The highest BCUT2D eigenvalue weighted by Crippen LogP contribution is 2.44. The van der Waals surface area contributed by atoms with Gasteiger partial charge in [-0.25, -0.2) is 4.98 Å². The van der Waals surface area contributed by atoms with Crippen LogP contribution in [0.25, 0.3) is 0 Å². The lowest BCUT2D eigenvalue weighted by molar-refractivity contribution is -0.145.